The Balaban J connectivity index is 1.69. The molecule has 0 aliphatic carbocycles. The van der Waals surface area contributed by atoms with Crippen LogP contribution in [0.2, 0.25) is 0 Å². The van der Waals surface area contributed by atoms with Gasteiger partial charge in [-0.3, -0.25) is 4.90 Å². The van der Waals surface area contributed by atoms with Crippen molar-refractivity contribution in [2.24, 2.45) is 0 Å². The zero-order valence-corrected chi connectivity index (χ0v) is 14.4. The number of rotatable bonds is 5. The van der Waals surface area contributed by atoms with Gasteiger partial charge in [-0.05, 0) is 27.2 Å². The highest BCUT2D eigenvalue weighted by Gasteiger charge is 2.25. The summed E-state index contributed by atoms with van der Waals surface area (Å²) in [4.78, 5) is 11.2. The van der Waals surface area contributed by atoms with Crippen molar-refractivity contribution in [3.8, 4) is 0 Å². The zero-order valence-electron chi connectivity index (χ0n) is 14.4. The molecule has 0 radical (unpaired) electrons. The molecule has 23 heavy (non-hydrogen) atoms. The Morgan fingerprint density at radius 2 is 2.09 bits per heavy atom. The summed E-state index contributed by atoms with van der Waals surface area (Å²) in [6, 6.07) is 2.47. The number of aryl methyl sites for hydroxylation is 1. The topological polar surface area (TPSA) is 67.6 Å². The summed E-state index contributed by atoms with van der Waals surface area (Å²) in [6.07, 6.45) is 3.00. The quantitative estimate of drug-likeness (QED) is 0.903. The minimum Gasteiger partial charge on any atom is -0.373 e. The second-order valence-electron chi connectivity index (χ2n) is 6.40. The third kappa shape index (κ3) is 3.61. The summed E-state index contributed by atoms with van der Waals surface area (Å²) in [7, 11) is 0. The standard InChI is InChI=1S/C16H26N6O/c1-5-14-6-15(22-16(20-14)18-10-19-22)17-7-11(2)21-8-12(3)23-13(4)9-21/h6,10-13,17H,5,7-9H2,1-4H3. The van der Waals surface area contributed by atoms with Crippen LogP contribution in [0.3, 0.4) is 0 Å². The van der Waals surface area contributed by atoms with E-state index in [0.717, 1.165) is 37.6 Å². The predicted octanol–water partition coefficient (Wildman–Crippen LogP) is 1.60. The fourth-order valence-corrected chi connectivity index (χ4v) is 3.13. The Kier molecular flexibility index (Phi) is 4.77. The van der Waals surface area contributed by atoms with Gasteiger partial charge in [-0.2, -0.15) is 14.6 Å². The van der Waals surface area contributed by atoms with Gasteiger partial charge in [0.1, 0.15) is 12.1 Å². The number of hydrogen-bond acceptors (Lipinski definition) is 6. The van der Waals surface area contributed by atoms with E-state index in [1.54, 1.807) is 10.8 Å². The Morgan fingerprint density at radius 1 is 1.35 bits per heavy atom. The van der Waals surface area contributed by atoms with Crippen molar-refractivity contribution < 1.29 is 4.74 Å². The Bertz CT molecular complexity index is 647. The molecule has 7 nitrogen and oxygen atoms in total. The largest absolute Gasteiger partial charge is 0.373 e. The van der Waals surface area contributed by atoms with Gasteiger partial charge in [0.15, 0.2) is 0 Å². The fourth-order valence-electron chi connectivity index (χ4n) is 3.13. The van der Waals surface area contributed by atoms with Crippen molar-refractivity contribution in [2.45, 2.75) is 52.4 Å². The van der Waals surface area contributed by atoms with Gasteiger partial charge in [-0.15, -0.1) is 0 Å². The summed E-state index contributed by atoms with van der Waals surface area (Å²) in [5.74, 6) is 1.60. The summed E-state index contributed by atoms with van der Waals surface area (Å²) < 4.78 is 7.57. The van der Waals surface area contributed by atoms with Crippen LogP contribution in [-0.2, 0) is 11.2 Å². The van der Waals surface area contributed by atoms with Crippen molar-refractivity contribution in [1.82, 2.24) is 24.5 Å². The van der Waals surface area contributed by atoms with Crippen LogP contribution in [0.5, 0.6) is 0 Å². The molecule has 1 aliphatic heterocycles. The first-order chi connectivity index (χ1) is 11.1. The van der Waals surface area contributed by atoms with E-state index in [9.17, 15) is 0 Å². The van der Waals surface area contributed by atoms with Crippen LogP contribution in [0.4, 0.5) is 5.82 Å². The Labute approximate surface area is 137 Å². The number of morpholine rings is 1. The first kappa shape index (κ1) is 16.1. The first-order valence-corrected chi connectivity index (χ1v) is 8.39. The molecule has 3 rings (SSSR count). The number of fused-ring (bicyclic) bond motifs is 1. The first-order valence-electron chi connectivity index (χ1n) is 8.39. The lowest BCUT2D eigenvalue weighted by atomic mass is 10.1. The maximum Gasteiger partial charge on any atom is 0.254 e. The van der Waals surface area contributed by atoms with Gasteiger partial charge in [0.2, 0.25) is 0 Å². The van der Waals surface area contributed by atoms with Crippen LogP contribution < -0.4 is 5.32 Å². The third-order valence-corrected chi connectivity index (χ3v) is 4.32. The van der Waals surface area contributed by atoms with E-state index in [-0.39, 0.29) is 12.2 Å². The molecule has 1 aliphatic rings. The third-order valence-electron chi connectivity index (χ3n) is 4.32. The number of anilines is 1. The monoisotopic (exact) mass is 318 g/mol. The molecule has 3 atom stereocenters. The maximum absolute atomic E-state index is 5.81. The lowest BCUT2D eigenvalue weighted by Crippen LogP contribution is -2.51. The van der Waals surface area contributed by atoms with E-state index < -0.39 is 0 Å². The van der Waals surface area contributed by atoms with E-state index in [4.69, 9.17) is 4.74 Å². The molecule has 1 N–H and O–H groups in total. The number of nitrogens with zero attached hydrogens (tertiary/aromatic N) is 5. The van der Waals surface area contributed by atoms with E-state index >= 15 is 0 Å². The normalized spacial score (nSPS) is 24.0. The molecular formula is C16H26N6O. The summed E-state index contributed by atoms with van der Waals surface area (Å²) in [6.45, 7) is 11.4. The summed E-state index contributed by atoms with van der Waals surface area (Å²) in [5, 5.41) is 7.77. The fraction of sp³-hybridized carbons (Fsp3) is 0.688. The second kappa shape index (κ2) is 6.80. The molecule has 1 saturated heterocycles. The van der Waals surface area contributed by atoms with Gasteiger partial charge in [0.05, 0.1) is 12.2 Å². The lowest BCUT2D eigenvalue weighted by Gasteiger charge is -2.39. The minimum absolute atomic E-state index is 0.288. The second-order valence-corrected chi connectivity index (χ2v) is 6.40. The van der Waals surface area contributed by atoms with Crippen molar-refractivity contribution in [3.63, 3.8) is 0 Å². The van der Waals surface area contributed by atoms with Crippen molar-refractivity contribution in [2.75, 3.05) is 25.0 Å². The van der Waals surface area contributed by atoms with Crippen molar-refractivity contribution in [3.05, 3.63) is 18.1 Å². The van der Waals surface area contributed by atoms with Crippen LogP contribution in [0.1, 0.15) is 33.4 Å². The van der Waals surface area contributed by atoms with Gasteiger partial charge >= 0.3 is 0 Å². The van der Waals surface area contributed by atoms with Crippen molar-refractivity contribution in [1.29, 1.82) is 0 Å². The number of aromatic nitrogens is 4. The van der Waals surface area contributed by atoms with Crippen LogP contribution in [0.25, 0.3) is 5.78 Å². The predicted molar refractivity (Wildman–Crippen MR) is 89.7 cm³/mol. The number of nitrogens with one attached hydrogen (secondary N) is 1. The highest BCUT2D eigenvalue weighted by molar-refractivity contribution is 5.45. The van der Waals surface area contributed by atoms with Gasteiger partial charge in [0, 0.05) is 37.4 Å². The molecule has 2 aromatic rings. The molecule has 0 amide bonds. The SMILES string of the molecule is CCc1cc(NCC(C)N2CC(C)OC(C)C2)n2ncnc2n1. The molecule has 0 bridgehead atoms. The highest BCUT2D eigenvalue weighted by atomic mass is 16.5. The van der Waals surface area contributed by atoms with E-state index in [1.165, 1.54) is 0 Å². The van der Waals surface area contributed by atoms with E-state index in [2.05, 4.69) is 59.0 Å². The molecule has 3 unspecified atom stereocenters. The lowest BCUT2D eigenvalue weighted by molar-refractivity contribution is -0.0769. The van der Waals surface area contributed by atoms with Gasteiger partial charge in [-0.1, -0.05) is 6.92 Å². The average Bonchev–Trinajstić information content (AvgIpc) is 2.99. The minimum atomic E-state index is 0.288. The molecule has 3 heterocycles. The highest BCUT2D eigenvalue weighted by Crippen LogP contribution is 2.15. The summed E-state index contributed by atoms with van der Waals surface area (Å²) in [5.41, 5.74) is 1.02. The van der Waals surface area contributed by atoms with Crippen LogP contribution >= 0.6 is 0 Å². The number of ether oxygens (including phenoxy) is 1. The van der Waals surface area contributed by atoms with E-state index in [0.29, 0.717) is 11.8 Å². The molecule has 0 aromatic carbocycles. The van der Waals surface area contributed by atoms with Crippen molar-refractivity contribution >= 4 is 11.6 Å². The molecule has 0 saturated carbocycles. The molecule has 1 fully saturated rings. The van der Waals surface area contributed by atoms with Gasteiger partial charge in [0.25, 0.3) is 5.78 Å². The maximum atomic E-state index is 5.81. The van der Waals surface area contributed by atoms with Crippen LogP contribution in [-0.4, -0.2) is 62.4 Å². The average molecular weight is 318 g/mol. The zero-order chi connectivity index (χ0) is 16.4. The van der Waals surface area contributed by atoms with E-state index in [1.807, 2.05) is 0 Å². The molecule has 126 valence electrons. The summed E-state index contributed by atoms with van der Waals surface area (Å²) >= 11 is 0. The molecular weight excluding hydrogens is 292 g/mol. The molecule has 0 spiro atoms. The Hall–Kier alpha value is -1.73. The number of hydrogen-bond donors (Lipinski definition) is 1. The smallest absolute Gasteiger partial charge is 0.254 e. The van der Waals surface area contributed by atoms with Gasteiger partial charge < -0.3 is 10.1 Å². The van der Waals surface area contributed by atoms with Crippen LogP contribution in [0.15, 0.2) is 12.4 Å². The van der Waals surface area contributed by atoms with Crippen LogP contribution in [0, 0.1) is 0 Å². The molecule has 2 aromatic heterocycles. The van der Waals surface area contributed by atoms with Gasteiger partial charge in [-0.25, -0.2) is 4.98 Å². The molecule has 7 heteroatoms. The Morgan fingerprint density at radius 3 is 2.78 bits per heavy atom.